The van der Waals surface area contributed by atoms with E-state index in [1.165, 1.54) is 4.90 Å². The Hall–Kier alpha value is -1.53. The van der Waals surface area contributed by atoms with Gasteiger partial charge in [-0.25, -0.2) is 9.78 Å². The number of aromatic nitrogens is 1. The normalized spacial score (nSPS) is 12.0. The number of nitrogens with zero attached hydrogens (tertiary/aromatic N) is 1. The number of thiazole rings is 1. The summed E-state index contributed by atoms with van der Waals surface area (Å²) in [4.78, 5) is 17.8. The lowest BCUT2D eigenvalue weighted by Crippen LogP contribution is -2.30. The van der Waals surface area contributed by atoms with Gasteiger partial charge in [-0.1, -0.05) is 20.8 Å². The molecule has 0 aliphatic heterocycles. The van der Waals surface area contributed by atoms with Crippen LogP contribution in [0.3, 0.4) is 0 Å². The summed E-state index contributed by atoms with van der Waals surface area (Å²) < 4.78 is 0. The second-order valence-corrected chi connectivity index (χ2v) is 8.48. The molecule has 2 amide bonds. The van der Waals surface area contributed by atoms with Crippen LogP contribution in [-0.2, 0) is 12.8 Å². The predicted octanol–water partition coefficient (Wildman–Crippen LogP) is 5.27. The number of aryl methyl sites for hydroxylation is 2. The molecule has 1 aromatic carbocycles. The Kier molecular flexibility index (Phi) is 7.78. The number of carbonyl (C=O) groups excluding carboxylic acids is 1. The van der Waals surface area contributed by atoms with Crippen LogP contribution >= 0.6 is 23.1 Å². The lowest BCUT2D eigenvalue weighted by Gasteiger charge is -2.13. The van der Waals surface area contributed by atoms with Gasteiger partial charge in [0.25, 0.3) is 0 Å². The predicted molar refractivity (Wildman–Crippen MR) is 109 cm³/mol. The SMILES string of the molecule is CCc1nc(CCNC(=O)Nc2ccc(SC(C)CC)cc2C)cs1. The zero-order chi connectivity index (χ0) is 18.2. The van der Waals surface area contributed by atoms with Crippen LogP contribution in [0.15, 0.2) is 28.5 Å². The molecule has 25 heavy (non-hydrogen) atoms. The van der Waals surface area contributed by atoms with Crippen LogP contribution in [0.1, 0.15) is 43.5 Å². The van der Waals surface area contributed by atoms with E-state index in [0.29, 0.717) is 11.8 Å². The van der Waals surface area contributed by atoms with Crippen molar-refractivity contribution in [3.05, 3.63) is 39.8 Å². The summed E-state index contributed by atoms with van der Waals surface area (Å²) in [6, 6.07) is 6.01. The second-order valence-electron chi connectivity index (χ2n) is 6.03. The fraction of sp³-hybridized carbons (Fsp3) is 0.474. The van der Waals surface area contributed by atoms with E-state index in [1.54, 1.807) is 11.3 Å². The van der Waals surface area contributed by atoms with E-state index in [-0.39, 0.29) is 6.03 Å². The number of nitrogens with one attached hydrogen (secondary N) is 2. The van der Waals surface area contributed by atoms with Gasteiger partial charge in [0.05, 0.1) is 10.7 Å². The third kappa shape index (κ3) is 6.36. The average molecular weight is 378 g/mol. The van der Waals surface area contributed by atoms with Gasteiger partial charge in [-0.05, 0) is 43.5 Å². The number of benzene rings is 1. The van der Waals surface area contributed by atoms with Gasteiger partial charge in [0.1, 0.15) is 0 Å². The Morgan fingerprint density at radius 2 is 2.16 bits per heavy atom. The van der Waals surface area contributed by atoms with Gasteiger partial charge in [0, 0.05) is 34.2 Å². The van der Waals surface area contributed by atoms with Crippen LogP contribution in [0.25, 0.3) is 0 Å². The second kappa shape index (κ2) is 9.82. The van der Waals surface area contributed by atoms with E-state index >= 15 is 0 Å². The Labute approximate surface area is 158 Å². The molecular formula is C19H27N3OS2. The molecule has 0 radical (unpaired) electrons. The minimum absolute atomic E-state index is 0.170. The molecule has 0 saturated carbocycles. The highest BCUT2D eigenvalue weighted by molar-refractivity contribution is 7.99. The van der Waals surface area contributed by atoms with Gasteiger partial charge in [-0.2, -0.15) is 0 Å². The Bertz CT molecular complexity index is 700. The summed E-state index contributed by atoms with van der Waals surface area (Å²) in [7, 11) is 0. The van der Waals surface area contributed by atoms with Crippen molar-refractivity contribution in [3.8, 4) is 0 Å². The van der Waals surface area contributed by atoms with Crippen molar-refractivity contribution in [2.45, 2.75) is 57.1 Å². The highest BCUT2D eigenvalue weighted by atomic mass is 32.2. The number of hydrogen-bond donors (Lipinski definition) is 2. The van der Waals surface area contributed by atoms with E-state index in [2.05, 4.69) is 53.9 Å². The van der Waals surface area contributed by atoms with E-state index in [9.17, 15) is 4.79 Å². The molecule has 2 aromatic rings. The first-order chi connectivity index (χ1) is 12.0. The number of urea groups is 1. The van der Waals surface area contributed by atoms with Crippen LogP contribution in [0.2, 0.25) is 0 Å². The number of amides is 2. The van der Waals surface area contributed by atoms with Crippen LogP contribution in [0.5, 0.6) is 0 Å². The van der Waals surface area contributed by atoms with Gasteiger partial charge in [0.2, 0.25) is 0 Å². The number of carbonyl (C=O) groups is 1. The largest absolute Gasteiger partial charge is 0.337 e. The molecule has 2 rings (SSSR count). The summed E-state index contributed by atoms with van der Waals surface area (Å²) in [6.45, 7) is 9.13. The summed E-state index contributed by atoms with van der Waals surface area (Å²) in [6.07, 6.45) is 2.86. The molecular weight excluding hydrogens is 350 g/mol. The molecule has 0 aliphatic carbocycles. The van der Waals surface area contributed by atoms with Crippen molar-refractivity contribution in [3.63, 3.8) is 0 Å². The van der Waals surface area contributed by atoms with Gasteiger partial charge < -0.3 is 10.6 Å². The first-order valence-electron chi connectivity index (χ1n) is 8.77. The highest BCUT2D eigenvalue weighted by Crippen LogP contribution is 2.28. The van der Waals surface area contributed by atoms with E-state index in [0.717, 1.165) is 41.2 Å². The van der Waals surface area contributed by atoms with Gasteiger partial charge in [0.15, 0.2) is 0 Å². The summed E-state index contributed by atoms with van der Waals surface area (Å²) in [5, 5.41) is 9.64. The van der Waals surface area contributed by atoms with Crippen LogP contribution in [0.4, 0.5) is 10.5 Å². The van der Waals surface area contributed by atoms with Crippen molar-refractivity contribution < 1.29 is 4.79 Å². The monoisotopic (exact) mass is 377 g/mol. The maximum atomic E-state index is 12.1. The molecule has 1 aromatic heterocycles. The molecule has 0 bridgehead atoms. The van der Waals surface area contributed by atoms with E-state index in [4.69, 9.17) is 0 Å². The van der Waals surface area contributed by atoms with Crippen LogP contribution in [0, 0.1) is 6.92 Å². The van der Waals surface area contributed by atoms with Gasteiger partial charge in [-0.15, -0.1) is 23.1 Å². The topological polar surface area (TPSA) is 54.0 Å². The lowest BCUT2D eigenvalue weighted by molar-refractivity contribution is 0.252. The van der Waals surface area contributed by atoms with E-state index < -0.39 is 0 Å². The Morgan fingerprint density at radius 1 is 1.36 bits per heavy atom. The van der Waals surface area contributed by atoms with Crippen molar-refractivity contribution in [2.75, 3.05) is 11.9 Å². The van der Waals surface area contributed by atoms with Crippen molar-refractivity contribution in [2.24, 2.45) is 0 Å². The molecule has 6 heteroatoms. The Morgan fingerprint density at radius 3 is 2.80 bits per heavy atom. The minimum atomic E-state index is -0.170. The lowest BCUT2D eigenvalue weighted by atomic mass is 10.2. The Balaban J connectivity index is 1.81. The molecule has 1 atom stereocenters. The van der Waals surface area contributed by atoms with Crippen molar-refractivity contribution in [1.82, 2.24) is 10.3 Å². The van der Waals surface area contributed by atoms with E-state index in [1.807, 2.05) is 24.8 Å². The van der Waals surface area contributed by atoms with Gasteiger partial charge in [-0.3, -0.25) is 0 Å². The molecule has 1 heterocycles. The van der Waals surface area contributed by atoms with Crippen molar-refractivity contribution in [1.29, 1.82) is 0 Å². The molecule has 0 saturated heterocycles. The maximum absolute atomic E-state index is 12.1. The molecule has 136 valence electrons. The zero-order valence-corrected chi connectivity index (χ0v) is 17.0. The maximum Gasteiger partial charge on any atom is 0.319 e. The third-order valence-electron chi connectivity index (χ3n) is 3.93. The van der Waals surface area contributed by atoms with Crippen molar-refractivity contribution >= 4 is 34.8 Å². The minimum Gasteiger partial charge on any atom is -0.337 e. The molecule has 2 N–H and O–H groups in total. The quantitative estimate of drug-likeness (QED) is 0.616. The zero-order valence-electron chi connectivity index (χ0n) is 15.4. The number of thioether (sulfide) groups is 1. The summed E-state index contributed by atoms with van der Waals surface area (Å²) >= 11 is 3.54. The number of anilines is 1. The first kappa shape index (κ1) is 19.8. The standard InChI is InChI=1S/C19H27N3OS2/c1-5-14(4)25-16-7-8-17(13(3)11-16)22-19(23)20-10-9-15-12-24-18(6-2)21-15/h7-8,11-12,14H,5-6,9-10H2,1-4H3,(H2,20,22,23). The third-order valence-corrected chi connectivity index (χ3v) is 6.23. The smallest absolute Gasteiger partial charge is 0.319 e. The fourth-order valence-electron chi connectivity index (χ4n) is 2.26. The molecule has 0 aliphatic rings. The number of rotatable bonds is 8. The molecule has 1 unspecified atom stereocenters. The first-order valence-corrected chi connectivity index (χ1v) is 10.5. The highest BCUT2D eigenvalue weighted by Gasteiger charge is 2.08. The fourth-order valence-corrected chi connectivity index (χ4v) is 4.06. The van der Waals surface area contributed by atoms with Crippen LogP contribution in [-0.4, -0.2) is 22.8 Å². The number of hydrogen-bond acceptors (Lipinski definition) is 4. The molecule has 0 fully saturated rings. The molecule has 4 nitrogen and oxygen atoms in total. The summed E-state index contributed by atoms with van der Waals surface area (Å²) in [5.41, 5.74) is 2.98. The van der Waals surface area contributed by atoms with Crippen LogP contribution < -0.4 is 10.6 Å². The summed E-state index contributed by atoms with van der Waals surface area (Å²) in [5.74, 6) is 0. The average Bonchev–Trinajstić information content (AvgIpc) is 3.05. The molecule has 0 spiro atoms. The van der Waals surface area contributed by atoms with Gasteiger partial charge >= 0.3 is 6.03 Å².